The van der Waals surface area contributed by atoms with Gasteiger partial charge in [-0.05, 0) is 70.6 Å². The van der Waals surface area contributed by atoms with Gasteiger partial charge < -0.3 is 65.1 Å². The van der Waals surface area contributed by atoms with Crippen LogP contribution in [0.3, 0.4) is 0 Å². The quantitative estimate of drug-likeness (QED) is 0.0211. The van der Waals surface area contributed by atoms with Crippen LogP contribution in [0.25, 0.3) is 0 Å². The molecule has 2 aliphatic rings. The highest BCUT2D eigenvalue weighted by Crippen LogP contribution is 2.30. The number of carbonyl (C=O) groups excluding carboxylic acids is 1. The first-order valence-electron chi connectivity index (χ1n) is 27.0. The van der Waals surface area contributed by atoms with Crippen LogP contribution in [-0.2, 0) is 23.7 Å². The molecule has 0 aromatic carbocycles. The molecule has 12 atom stereocenters. The molecule has 2 heterocycles. The van der Waals surface area contributed by atoms with Gasteiger partial charge >= 0.3 is 0 Å². The normalized spacial score (nSPS) is 26.6. The molecule has 14 nitrogen and oxygen atoms in total. The van der Waals surface area contributed by atoms with Gasteiger partial charge in [-0.25, -0.2) is 0 Å². The lowest BCUT2D eigenvalue weighted by Crippen LogP contribution is -2.65. The van der Waals surface area contributed by atoms with E-state index in [4.69, 9.17) is 18.9 Å². The van der Waals surface area contributed by atoms with Crippen LogP contribution in [-0.4, -0.2) is 140 Å². The Bertz CT molecular complexity index is 1390. The molecule has 2 aliphatic heterocycles. The molecule has 0 spiro atoms. The SMILES string of the molecule is CCC/C=C\C/C=C\CCCCCCCC(=O)NC(COC1OC(CO)C(OC2OC(CO)C(O)C(O)C2O)C(O)C1O)C(O)/C=C/CC/C=C/CC/C=C/CCCCCCCCCCCCCC. The van der Waals surface area contributed by atoms with Crippen molar-refractivity contribution in [3.63, 3.8) is 0 Å². The maximum atomic E-state index is 13.2. The summed E-state index contributed by atoms with van der Waals surface area (Å²) < 4.78 is 22.7. The van der Waals surface area contributed by atoms with Crippen molar-refractivity contribution in [2.45, 2.75) is 261 Å². The van der Waals surface area contributed by atoms with Crippen LogP contribution in [0.2, 0.25) is 0 Å². The maximum Gasteiger partial charge on any atom is 0.220 e. The number of carbonyl (C=O) groups is 1. The number of amides is 1. The second-order valence-corrected chi connectivity index (χ2v) is 19.0. The number of nitrogens with one attached hydrogen (secondary N) is 1. The van der Waals surface area contributed by atoms with Crippen molar-refractivity contribution in [3.8, 4) is 0 Å². The van der Waals surface area contributed by atoms with Crippen molar-refractivity contribution in [1.82, 2.24) is 5.32 Å². The second-order valence-electron chi connectivity index (χ2n) is 19.0. The fraction of sp³-hybridized carbons (Fsp3) is 0.800. The summed E-state index contributed by atoms with van der Waals surface area (Å²) in [5, 5.41) is 86.8. The first-order valence-corrected chi connectivity index (χ1v) is 27.0. The topological polar surface area (TPSA) is 228 Å². The summed E-state index contributed by atoms with van der Waals surface area (Å²) in [6.45, 7) is 2.68. The molecule has 1 amide bonds. The van der Waals surface area contributed by atoms with Gasteiger partial charge in [0.05, 0.1) is 32.0 Å². The van der Waals surface area contributed by atoms with Crippen molar-refractivity contribution >= 4 is 5.91 Å². The monoisotopic (exact) mass is 980 g/mol. The van der Waals surface area contributed by atoms with Gasteiger partial charge in [0.2, 0.25) is 5.91 Å². The predicted molar refractivity (Wildman–Crippen MR) is 272 cm³/mol. The molecule has 0 saturated carbocycles. The summed E-state index contributed by atoms with van der Waals surface area (Å²) in [7, 11) is 0. The fourth-order valence-electron chi connectivity index (χ4n) is 8.48. The summed E-state index contributed by atoms with van der Waals surface area (Å²) in [6, 6.07) is -0.946. The van der Waals surface area contributed by atoms with Gasteiger partial charge in [-0.15, -0.1) is 0 Å². The Labute approximate surface area is 416 Å². The van der Waals surface area contributed by atoms with Gasteiger partial charge in [-0.1, -0.05) is 171 Å². The number of unbranched alkanes of at least 4 members (excludes halogenated alkanes) is 20. The summed E-state index contributed by atoms with van der Waals surface area (Å²) in [6.07, 6.45) is 34.1. The average molecular weight is 980 g/mol. The molecule has 2 rings (SSSR count). The van der Waals surface area contributed by atoms with E-state index in [2.05, 4.69) is 67.8 Å². The lowest BCUT2D eigenvalue weighted by Gasteiger charge is -2.46. The summed E-state index contributed by atoms with van der Waals surface area (Å²) in [4.78, 5) is 13.2. The fourth-order valence-corrected chi connectivity index (χ4v) is 8.48. The van der Waals surface area contributed by atoms with E-state index >= 15 is 0 Å². The summed E-state index contributed by atoms with van der Waals surface area (Å²) in [5.41, 5.74) is 0. The van der Waals surface area contributed by atoms with Gasteiger partial charge in [0.15, 0.2) is 12.6 Å². The van der Waals surface area contributed by atoms with Gasteiger partial charge in [0, 0.05) is 6.42 Å². The van der Waals surface area contributed by atoms with Gasteiger partial charge in [-0.3, -0.25) is 4.79 Å². The highest BCUT2D eigenvalue weighted by molar-refractivity contribution is 5.76. The standard InChI is InChI=1S/C55H97NO13/c1-3-5-7-9-11-13-15-17-18-19-20-21-22-23-24-25-27-28-30-32-34-36-38-44(59)43(56-47(60)39-37-35-33-31-29-26-16-14-12-10-8-6-4-2)42-66-54-52(65)50(63)53(46(41-58)68-54)69-55-51(64)49(62)48(61)45(40-57)67-55/h8,10,14,16,23-24,28,30,36,38,43-46,48-55,57-59,61-65H,3-7,9,11-13,15,17-22,25-27,29,31-35,37,39-42H2,1-2H3,(H,56,60)/b10-8-,16-14-,24-23+,30-28+,38-36+. The van der Waals surface area contributed by atoms with E-state index in [0.717, 1.165) is 77.0 Å². The van der Waals surface area contributed by atoms with E-state index in [0.29, 0.717) is 12.8 Å². The number of rotatable bonds is 41. The van der Waals surface area contributed by atoms with Crippen LogP contribution in [0, 0.1) is 0 Å². The van der Waals surface area contributed by atoms with E-state index < -0.39 is 86.8 Å². The first-order chi connectivity index (χ1) is 33.6. The van der Waals surface area contributed by atoms with E-state index in [1.54, 1.807) is 6.08 Å². The van der Waals surface area contributed by atoms with Gasteiger partial charge in [0.25, 0.3) is 0 Å². The second kappa shape index (κ2) is 41.2. The summed E-state index contributed by atoms with van der Waals surface area (Å²) >= 11 is 0. The third-order valence-corrected chi connectivity index (χ3v) is 12.9. The molecule has 400 valence electrons. The Morgan fingerprint density at radius 1 is 0.522 bits per heavy atom. The molecule has 0 aromatic heterocycles. The van der Waals surface area contributed by atoms with Gasteiger partial charge in [0.1, 0.15) is 48.8 Å². The third kappa shape index (κ3) is 27.9. The molecular formula is C55H97NO13. The Hall–Kier alpha value is -2.31. The summed E-state index contributed by atoms with van der Waals surface area (Å²) in [5.74, 6) is -0.271. The van der Waals surface area contributed by atoms with E-state index in [1.165, 1.54) is 77.0 Å². The molecule has 2 fully saturated rings. The molecule has 0 bridgehead atoms. The third-order valence-electron chi connectivity index (χ3n) is 12.9. The van der Waals surface area contributed by atoms with Crippen molar-refractivity contribution in [2.75, 3.05) is 19.8 Å². The molecule has 0 aromatic rings. The molecule has 0 radical (unpaired) electrons. The van der Waals surface area contributed by atoms with Crippen LogP contribution in [0.5, 0.6) is 0 Å². The Morgan fingerprint density at radius 3 is 1.57 bits per heavy atom. The van der Waals surface area contributed by atoms with Crippen LogP contribution < -0.4 is 5.32 Å². The number of aliphatic hydroxyl groups is 8. The lowest BCUT2D eigenvalue weighted by molar-refractivity contribution is -0.359. The highest BCUT2D eigenvalue weighted by atomic mass is 16.7. The molecular weight excluding hydrogens is 883 g/mol. The minimum Gasteiger partial charge on any atom is -0.394 e. The minimum absolute atomic E-state index is 0.251. The molecule has 69 heavy (non-hydrogen) atoms. The van der Waals surface area contributed by atoms with Crippen LogP contribution in [0.4, 0.5) is 0 Å². The number of hydrogen-bond acceptors (Lipinski definition) is 13. The van der Waals surface area contributed by atoms with E-state index in [-0.39, 0.29) is 18.9 Å². The molecule has 0 aliphatic carbocycles. The average Bonchev–Trinajstić information content (AvgIpc) is 3.35. The molecule has 14 heteroatoms. The predicted octanol–water partition coefficient (Wildman–Crippen LogP) is 7.83. The largest absolute Gasteiger partial charge is 0.394 e. The smallest absolute Gasteiger partial charge is 0.220 e. The zero-order chi connectivity index (χ0) is 50.3. The zero-order valence-corrected chi connectivity index (χ0v) is 42.5. The number of aliphatic hydroxyl groups excluding tert-OH is 8. The molecule has 9 N–H and O–H groups in total. The number of hydrogen-bond donors (Lipinski definition) is 9. The van der Waals surface area contributed by atoms with Crippen molar-refractivity contribution in [1.29, 1.82) is 0 Å². The number of ether oxygens (including phenoxy) is 4. The van der Waals surface area contributed by atoms with E-state index in [9.17, 15) is 45.6 Å². The van der Waals surface area contributed by atoms with Crippen molar-refractivity contribution in [2.24, 2.45) is 0 Å². The number of allylic oxidation sites excluding steroid dienone is 9. The van der Waals surface area contributed by atoms with Gasteiger partial charge in [-0.2, -0.15) is 0 Å². The highest BCUT2D eigenvalue weighted by Gasteiger charge is 2.51. The Morgan fingerprint density at radius 2 is 1.00 bits per heavy atom. The maximum absolute atomic E-state index is 13.2. The van der Waals surface area contributed by atoms with E-state index in [1.807, 2.05) is 6.08 Å². The van der Waals surface area contributed by atoms with Crippen LogP contribution >= 0.6 is 0 Å². The zero-order valence-electron chi connectivity index (χ0n) is 42.5. The molecule has 2 saturated heterocycles. The Balaban J connectivity index is 1.84. The first kappa shape index (κ1) is 62.8. The Kier molecular flexibility index (Phi) is 37.5. The molecule has 12 unspecified atom stereocenters. The minimum atomic E-state index is -1.79. The van der Waals surface area contributed by atoms with Crippen molar-refractivity contribution in [3.05, 3.63) is 60.8 Å². The van der Waals surface area contributed by atoms with Crippen molar-refractivity contribution < 1.29 is 64.6 Å². The van der Waals surface area contributed by atoms with Crippen LogP contribution in [0.1, 0.15) is 187 Å². The van der Waals surface area contributed by atoms with Crippen LogP contribution in [0.15, 0.2) is 60.8 Å². The lowest BCUT2D eigenvalue weighted by atomic mass is 9.97.